The van der Waals surface area contributed by atoms with Gasteiger partial charge in [0.15, 0.2) is 0 Å². The second kappa shape index (κ2) is 7.88. The Balaban J connectivity index is 2.42. The summed E-state index contributed by atoms with van der Waals surface area (Å²) in [6, 6.07) is 0. The molecule has 2 atom stereocenters. The fraction of sp³-hybridized carbons (Fsp3) is 0.800. The minimum atomic E-state index is -0.0624. The summed E-state index contributed by atoms with van der Waals surface area (Å²) in [6.07, 6.45) is 4.35. The Morgan fingerprint density at radius 1 is 1.44 bits per heavy atom. The van der Waals surface area contributed by atoms with Crippen molar-refractivity contribution >= 4 is 17.7 Å². The molecule has 2 unspecified atom stereocenters. The number of ether oxygens (including phenoxy) is 1. The van der Waals surface area contributed by atoms with Crippen molar-refractivity contribution in [1.29, 1.82) is 0 Å². The molecule has 1 fully saturated rings. The van der Waals surface area contributed by atoms with Gasteiger partial charge in [0.25, 0.3) is 0 Å². The molecular weight excluding hydrogens is 244 g/mol. The standard InChI is InChI=1S/C15H26O2S/c1-5-17-15(16)8-9-18-14-10-12(4)6-7-13(14)11(2)3/h12,14H,5-10H2,1-4H3. The molecule has 0 amide bonds. The van der Waals surface area contributed by atoms with E-state index in [1.54, 1.807) is 5.57 Å². The number of hydrogen-bond acceptors (Lipinski definition) is 3. The van der Waals surface area contributed by atoms with E-state index in [9.17, 15) is 4.79 Å². The van der Waals surface area contributed by atoms with Gasteiger partial charge in [-0.15, -0.1) is 0 Å². The molecule has 0 aliphatic heterocycles. The summed E-state index contributed by atoms with van der Waals surface area (Å²) >= 11 is 1.93. The van der Waals surface area contributed by atoms with Gasteiger partial charge >= 0.3 is 5.97 Å². The molecule has 104 valence electrons. The van der Waals surface area contributed by atoms with Crippen LogP contribution in [0.4, 0.5) is 0 Å². The van der Waals surface area contributed by atoms with Crippen molar-refractivity contribution < 1.29 is 9.53 Å². The molecule has 0 aromatic rings. The highest BCUT2D eigenvalue weighted by Gasteiger charge is 2.24. The Labute approximate surface area is 116 Å². The van der Waals surface area contributed by atoms with Crippen LogP contribution in [-0.2, 0) is 9.53 Å². The molecule has 0 aromatic carbocycles. The maximum atomic E-state index is 11.3. The summed E-state index contributed by atoms with van der Waals surface area (Å²) in [5.74, 6) is 1.63. The number of hydrogen-bond donors (Lipinski definition) is 0. The predicted octanol–water partition coefficient (Wildman–Crippen LogP) is 4.20. The van der Waals surface area contributed by atoms with E-state index in [1.807, 2.05) is 18.7 Å². The number of thioether (sulfide) groups is 1. The summed E-state index contributed by atoms with van der Waals surface area (Å²) in [5, 5.41) is 0.619. The SMILES string of the molecule is CCOC(=O)CCSC1CC(C)CCC1=C(C)C. The van der Waals surface area contributed by atoms with Crippen LogP contribution in [0.5, 0.6) is 0 Å². The highest BCUT2D eigenvalue weighted by Crippen LogP contribution is 2.37. The van der Waals surface area contributed by atoms with Crippen LogP contribution in [0.25, 0.3) is 0 Å². The second-order valence-electron chi connectivity index (χ2n) is 5.32. The molecule has 1 saturated carbocycles. The quantitative estimate of drug-likeness (QED) is 0.553. The monoisotopic (exact) mass is 270 g/mol. The molecular formula is C15H26O2S. The molecule has 3 heteroatoms. The second-order valence-corrected chi connectivity index (χ2v) is 6.63. The zero-order valence-corrected chi connectivity index (χ0v) is 12.9. The lowest BCUT2D eigenvalue weighted by Crippen LogP contribution is -2.20. The van der Waals surface area contributed by atoms with Gasteiger partial charge in [-0.05, 0) is 46.0 Å². The topological polar surface area (TPSA) is 26.3 Å². The zero-order chi connectivity index (χ0) is 13.5. The van der Waals surface area contributed by atoms with Gasteiger partial charge in [0.1, 0.15) is 0 Å². The first-order valence-electron chi connectivity index (χ1n) is 6.98. The van der Waals surface area contributed by atoms with Crippen LogP contribution in [0.2, 0.25) is 0 Å². The van der Waals surface area contributed by atoms with Gasteiger partial charge in [0.2, 0.25) is 0 Å². The van der Waals surface area contributed by atoms with Gasteiger partial charge in [0.05, 0.1) is 13.0 Å². The lowest BCUT2D eigenvalue weighted by Gasteiger charge is -2.30. The molecule has 0 radical (unpaired) electrons. The third kappa shape index (κ3) is 5.05. The lowest BCUT2D eigenvalue weighted by atomic mass is 9.85. The third-order valence-corrected chi connectivity index (χ3v) is 4.80. The first kappa shape index (κ1) is 15.6. The Bertz CT molecular complexity index is 306. The summed E-state index contributed by atoms with van der Waals surface area (Å²) in [5.41, 5.74) is 3.08. The van der Waals surface area contributed by atoms with Crippen LogP contribution < -0.4 is 0 Å². The van der Waals surface area contributed by atoms with Gasteiger partial charge < -0.3 is 4.74 Å². The van der Waals surface area contributed by atoms with Gasteiger partial charge in [-0.3, -0.25) is 4.79 Å². The van der Waals surface area contributed by atoms with Crippen LogP contribution in [0.3, 0.4) is 0 Å². The molecule has 1 aliphatic carbocycles. The van der Waals surface area contributed by atoms with Crippen molar-refractivity contribution in [3.8, 4) is 0 Å². The van der Waals surface area contributed by atoms with E-state index in [0.29, 0.717) is 18.3 Å². The highest BCUT2D eigenvalue weighted by atomic mass is 32.2. The number of rotatable bonds is 5. The normalized spacial score (nSPS) is 23.9. The number of allylic oxidation sites excluding steroid dienone is 1. The van der Waals surface area contributed by atoms with Gasteiger partial charge in [0, 0.05) is 11.0 Å². The zero-order valence-electron chi connectivity index (χ0n) is 12.1. The van der Waals surface area contributed by atoms with E-state index in [1.165, 1.54) is 24.8 Å². The molecule has 0 bridgehead atoms. The maximum absolute atomic E-state index is 11.3. The van der Waals surface area contributed by atoms with Crippen molar-refractivity contribution in [2.75, 3.05) is 12.4 Å². The van der Waals surface area contributed by atoms with Crippen LogP contribution in [0.1, 0.15) is 53.4 Å². The van der Waals surface area contributed by atoms with E-state index in [2.05, 4.69) is 20.8 Å². The number of carbonyl (C=O) groups excluding carboxylic acids is 1. The lowest BCUT2D eigenvalue weighted by molar-refractivity contribution is -0.142. The molecule has 1 aliphatic rings. The van der Waals surface area contributed by atoms with E-state index in [0.717, 1.165) is 11.7 Å². The Morgan fingerprint density at radius 3 is 2.78 bits per heavy atom. The third-order valence-electron chi connectivity index (χ3n) is 3.48. The summed E-state index contributed by atoms with van der Waals surface area (Å²) < 4.78 is 4.96. The minimum absolute atomic E-state index is 0.0624. The largest absolute Gasteiger partial charge is 0.466 e. The molecule has 0 spiro atoms. The van der Waals surface area contributed by atoms with E-state index >= 15 is 0 Å². The van der Waals surface area contributed by atoms with Crippen LogP contribution >= 0.6 is 11.8 Å². The van der Waals surface area contributed by atoms with E-state index in [4.69, 9.17) is 4.74 Å². The van der Waals surface area contributed by atoms with Crippen molar-refractivity contribution in [3.63, 3.8) is 0 Å². The predicted molar refractivity (Wildman–Crippen MR) is 78.9 cm³/mol. The van der Waals surface area contributed by atoms with Crippen molar-refractivity contribution in [1.82, 2.24) is 0 Å². The van der Waals surface area contributed by atoms with Crippen LogP contribution in [0, 0.1) is 5.92 Å². The molecule has 2 nitrogen and oxygen atoms in total. The summed E-state index contributed by atoms with van der Waals surface area (Å²) in [4.78, 5) is 11.3. The summed E-state index contributed by atoms with van der Waals surface area (Å²) in [6.45, 7) is 9.10. The maximum Gasteiger partial charge on any atom is 0.306 e. The van der Waals surface area contributed by atoms with Crippen LogP contribution in [0.15, 0.2) is 11.1 Å². The van der Waals surface area contributed by atoms with E-state index in [-0.39, 0.29) is 5.97 Å². The summed E-state index contributed by atoms with van der Waals surface area (Å²) in [7, 11) is 0. The molecule has 18 heavy (non-hydrogen) atoms. The minimum Gasteiger partial charge on any atom is -0.466 e. The first-order valence-corrected chi connectivity index (χ1v) is 8.03. The molecule has 0 saturated heterocycles. The Kier molecular flexibility index (Phi) is 6.83. The highest BCUT2D eigenvalue weighted by molar-refractivity contribution is 8.00. The van der Waals surface area contributed by atoms with Gasteiger partial charge in [-0.25, -0.2) is 0 Å². The molecule has 1 rings (SSSR count). The smallest absolute Gasteiger partial charge is 0.306 e. The Hall–Kier alpha value is -0.440. The van der Waals surface area contributed by atoms with Gasteiger partial charge in [-0.1, -0.05) is 18.1 Å². The first-order chi connectivity index (χ1) is 8.54. The molecule has 0 N–H and O–H groups in total. The van der Waals surface area contributed by atoms with Gasteiger partial charge in [-0.2, -0.15) is 11.8 Å². The average Bonchev–Trinajstić information content (AvgIpc) is 2.29. The number of esters is 1. The molecule has 0 aromatic heterocycles. The molecule has 0 heterocycles. The fourth-order valence-corrected chi connectivity index (χ4v) is 4.04. The van der Waals surface area contributed by atoms with Crippen molar-refractivity contribution in [3.05, 3.63) is 11.1 Å². The van der Waals surface area contributed by atoms with E-state index < -0.39 is 0 Å². The fourth-order valence-electron chi connectivity index (χ4n) is 2.45. The van der Waals surface area contributed by atoms with Crippen molar-refractivity contribution in [2.24, 2.45) is 5.92 Å². The van der Waals surface area contributed by atoms with Crippen LogP contribution in [-0.4, -0.2) is 23.6 Å². The average molecular weight is 270 g/mol. The number of carbonyl (C=O) groups is 1. The Morgan fingerprint density at radius 2 is 2.17 bits per heavy atom. The van der Waals surface area contributed by atoms with Crippen molar-refractivity contribution in [2.45, 2.75) is 58.6 Å².